The summed E-state index contributed by atoms with van der Waals surface area (Å²) in [5.74, 6) is -1.93. The number of benzene rings is 2. The molecule has 0 aliphatic carbocycles. The number of phenolic OH excluding ortho intramolecular Hbond substituents is 1. The third-order valence-electron chi connectivity index (χ3n) is 12.3. The quantitative estimate of drug-likeness (QED) is 0.159. The standard InChI is InChI=1S/C47H61N7O7.4H2S/c1-8-53-40-14-13-30-23-35(40)36(42(53)34-11-9-16-49-39(34)26-60-7)24-47(4,5)27-61-46(59)37-12-10-18-54(51-37)45(58)38(21-29-19-32(30)22-33(55)20-29)50-43(56)41(28(2)3)52(6)44(57)31-15-17-48-25-31;;;;/h9,11,13-14,16,19-20,22-23,28,31,37-38,41,48,51,55H,8,10,12,15,17-18,21,24-27H2,1-7H3,(H,50,56);4*1H2/t31-,37-,38-,41-;;;;/m0..../s1. The van der Waals surface area contributed by atoms with E-state index in [0.29, 0.717) is 57.5 Å². The number of nitrogens with one attached hydrogen (secondary N) is 3. The SMILES string of the molecule is CCn1c(-c2cccnc2COC)c2c3cc(ccc31)-c1cc(O)cc(c1)C[C@H](NC(=O)[C@H](C(C)C)N(C)C(=O)[C@H]1CCNC1)C(=O)N1CCC[C@H](N1)C(=O)OCC(C)(C)C2.S.S.S.S. The van der Waals surface area contributed by atoms with Gasteiger partial charge in [-0.1, -0.05) is 39.8 Å². The predicted molar refractivity (Wildman–Crippen MR) is 275 cm³/mol. The van der Waals surface area contributed by atoms with E-state index in [9.17, 15) is 24.3 Å². The molecule has 4 N–H and O–H groups in total. The lowest BCUT2D eigenvalue weighted by Crippen LogP contribution is -2.62. The van der Waals surface area contributed by atoms with Gasteiger partial charge in [-0.2, -0.15) is 54.0 Å². The van der Waals surface area contributed by atoms with Crippen LogP contribution in [-0.4, -0.2) is 107 Å². The van der Waals surface area contributed by atoms with Crippen LogP contribution in [0.1, 0.15) is 70.7 Å². The van der Waals surface area contributed by atoms with Crippen LogP contribution < -0.4 is 16.1 Å². The molecule has 358 valence electrons. The van der Waals surface area contributed by atoms with E-state index < -0.39 is 41.3 Å². The van der Waals surface area contributed by atoms with Gasteiger partial charge < -0.3 is 34.7 Å². The van der Waals surface area contributed by atoms with Gasteiger partial charge in [0.2, 0.25) is 11.8 Å². The van der Waals surface area contributed by atoms with Crippen LogP contribution in [-0.2, 0) is 54.6 Å². The molecule has 6 bridgehead atoms. The fraction of sp³-hybridized carbons (Fsp3) is 0.511. The molecule has 14 nitrogen and oxygen atoms in total. The number of pyridine rings is 1. The fourth-order valence-electron chi connectivity index (χ4n) is 9.39. The first-order valence-corrected chi connectivity index (χ1v) is 21.6. The number of carbonyl (C=O) groups excluding carboxylic acids is 4. The minimum absolute atomic E-state index is 0. The summed E-state index contributed by atoms with van der Waals surface area (Å²) in [6, 6.07) is 12.8. The van der Waals surface area contributed by atoms with E-state index in [4.69, 9.17) is 14.5 Å². The van der Waals surface area contributed by atoms with E-state index >= 15 is 0 Å². The highest BCUT2D eigenvalue weighted by Crippen LogP contribution is 2.41. The lowest BCUT2D eigenvalue weighted by atomic mass is 9.84. The van der Waals surface area contributed by atoms with Crippen LogP contribution in [0.15, 0.2) is 54.7 Å². The summed E-state index contributed by atoms with van der Waals surface area (Å²) in [5.41, 5.74) is 9.74. The van der Waals surface area contributed by atoms with Crippen molar-refractivity contribution in [2.24, 2.45) is 17.3 Å². The zero-order chi connectivity index (χ0) is 43.6. The number of amides is 3. The molecule has 0 radical (unpaired) electrons. The molecular weight excluding hydrogens is 903 g/mol. The molecule has 3 amide bonds. The van der Waals surface area contributed by atoms with Crippen molar-refractivity contribution in [1.29, 1.82) is 0 Å². The summed E-state index contributed by atoms with van der Waals surface area (Å²) in [6.45, 7) is 12.8. The number of fused-ring (bicyclic) bond motifs is 6. The van der Waals surface area contributed by atoms with Gasteiger partial charge >= 0.3 is 5.97 Å². The molecule has 0 spiro atoms. The Hall–Kier alpha value is -3.91. The molecule has 4 aromatic rings. The molecule has 2 fully saturated rings. The first kappa shape index (κ1) is 55.4. The normalized spacial score (nSPS) is 19.9. The zero-order valence-corrected chi connectivity index (χ0v) is 42.5. The van der Waals surface area contributed by atoms with Crippen molar-refractivity contribution in [3.63, 3.8) is 0 Å². The smallest absolute Gasteiger partial charge is 0.324 e. The van der Waals surface area contributed by atoms with Crippen molar-refractivity contribution in [3.8, 4) is 28.1 Å². The average Bonchev–Trinajstić information content (AvgIpc) is 3.88. The second-order valence-electron chi connectivity index (χ2n) is 18.0. The molecule has 5 heterocycles. The maximum Gasteiger partial charge on any atom is 0.324 e. The Morgan fingerprint density at radius 2 is 1.82 bits per heavy atom. The molecule has 2 aromatic heterocycles. The number of hydrogen-bond acceptors (Lipinski definition) is 10. The van der Waals surface area contributed by atoms with Gasteiger partial charge in [-0.3, -0.25) is 29.2 Å². The lowest BCUT2D eigenvalue weighted by Gasteiger charge is -2.37. The number of hydrogen-bond donors (Lipinski definition) is 4. The fourth-order valence-corrected chi connectivity index (χ4v) is 9.39. The second-order valence-corrected chi connectivity index (χ2v) is 18.0. The first-order valence-electron chi connectivity index (χ1n) is 21.6. The summed E-state index contributed by atoms with van der Waals surface area (Å²) in [6.07, 6.45) is 4.07. The molecule has 65 heavy (non-hydrogen) atoms. The Kier molecular flexibility index (Phi) is 20.2. The Labute approximate surface area is 411 Å². The van der Waals surface area contributed by atoms with Gasteiger partial charge in [0.1, 0.15) is 23.9 Å². The van der Waals surface area contributed by atoms with Gasteiger partial charge in [-0.15, -0.1) is 0 Å². The summed E-state index contributed by atoms with van der Waals surface area (Å²) in [4.78, 5) is 62.5. The van der Waals surface area contributed by atoms with Crippen molar-refractivity contribution in [2.75, 3.05) is 40.4 Å². The van der Waals surface area contributed by atoms with E-state index in [0.717, 1.165) is 51.1 Å². The van der Waals surface area contributed by atoms with Crippen molar-refractivity contribution in [1.82, 2.24) is 35.5 Å². The van der Waals surface area contributed by atoms with E-state index in [2.05, 4.69) is 59.6 Å². The van der Waals surface area contributed by atoms with Gasteiger partial charge in [-0.25, -0.2) is 5.43 Å². The monoisotopic (exact) mass is 971 g/mol. The molecule has 18 heteroatoms. The number of aromatic hydroxyl groups is 1. The Balaban J connectivity index is 0.00000281. The molecule has 7 rings (SSSR count). The highest BCUT2D eigenvalue weighted by Gasteiger charge is 2.39. The van der Waals surface area contributed by atoms with Gasteiger partial charge in [0, 0.05) is 68.3 Å². The minimum atomic E-state index is -1.10. The number of carbonyl (C=O) groups is 4. The minimum Gasteiger partial charge on any atom is -0.508 e. The third kappa shape index (κ3) is 12.2. The average molecular weight is 972 g/mol. The van der Waals surface area contributed by atoms with Crippen molar-refractivity contribution in [3.05, 3.63) is 71.5 Å². The van der Waals surface area contributed by atoms with E-state index in [1.54, 1.807) is 32.5 Å². The molecular formula is C47H69N7O7S4. The highest BCUT2D eigenvalue weighted by molar-refractivity contribution is 7.59. The molecule has 3 aliphatic heterocycles. The Morgan fingerprint density at radius 3 is 2.49 bits per heavy atom. The second kappa shape index (κ2) is 23.7. The number of aryl methyl sites for hydroxylation is 1. The maximum absolute atomic E-state index is 14.6. The summed E-state index contributed by atoms with van der Waals surface area (Å²) >= 11 is 0. The van der Waals surface area contributed by atoms with Crippen LogP contribution in [0.4, 0.5) is 0 Å². The van der Waals surface area contributed by atoms with Crippen LogP contribution in [0.5, 0.6) is 5.75 Å². The van der Waals surface area contributed by atoms with E-state index in [-0.39, 0.29) is 90.5 Å². The largest absolute Gasteiger partial charge is 0.508 e. The number of aromatic nitrogens is 2. The number of phenols is 1. The molecule has 2 aromatic carbocycles. The number of nitrogens with zero attached hydrogens (tertiary/aromatic N) is 4. The van der Waals surface area contributed by atoms with Gasteiger partial charge in [-0.05, 0) is 104 Å². The van der Waals surface area contributed by atoms with Gasteiger partial charge in [0.15, 0.2) is 0 Å². The molecule has 4 atom stereocenters. The molecule has 3 aliphatic rings. The van der Waals surface area contributed by atoms with Crippen LogP contribution in [0.25, 0.3) is 33.3 Å². The lowest BCUT2D eigenvalue weighted by molar-refractivity contribution is -0.155. The molecule has 0 unspecified atom stereocenters. The number of rotatable bonds is 9. The molecule has 0 saturated carbocycles. The van der Waals surface area contributed by atoms with E-state index in [1.807, 2.05) is 32.0 Å². The predicted octanol–water partition coefficient (Wildman–Crippen LogP) is 5.43. The van der Waals surface area contributed by atoms with Crippen LogP contribution in [0, 0.1) is 17.3 Å². The summed E-state index contributed by atoms with van der Waals surface area (Å²) in [7, 11) is 3.31. The summed E-state index contributed by atoms with van der Waals surface area (Å²) < 4.78 is 14.0. The number of esters is 1. The zero-order valence-electron chi connectivity index (χ0n) is 38.5. The number of hydrazine groups is 1. The van der Waals surface area contributed by atoms with E-state index in [1.165, 1.54) is 9.91 Å². The topological polar surface area (TPSA) is 167 Å². The van der Waals surface area contributed by atoms with Gasteiger partial charge in [0.25, 0.3) is 5.91 Å². The third-order valence-corrected chi connectivity index (χ3v) is 12.3. The van der Waals surface area contributed by atoms with Crippen LogP contribution in [0.2, 0.25) is 0 Å². The first-order chi connectivity index (χ1) is 29.2. The number of cyclic esters (lactones) is 1. The Bertz CT molecular complexity index is 2300. The maximum atomic E-state index is 14.6. The van der Waals surface area contributed by atoms with Crippen LogP contribution in [0.3, 0.4) is 0 Å². The Morgan fingerprint density at radius 1 is 1.06 bits per heavy atom. The number of methoxy groups -OCH3 is 1. The van der Waals surface area contributed by atoms with Crippen LogP contribution >= 0.6 is 54.0 Å². The summed E-state index contributed by atoms with van der Waals surface area (Å²) in [5, 5.41) is 19.9. The van der Waals surface area contributed by atoms with Crippen molar-refractivity contribution < 1.29 is 33.8 Å². The highest BCUT2D eigenvalue weighted by atomic mass is 32.1. The van der Waals surface area contributed by atoms with Gasteiger partial charge in [0.05, 0.1) is 30.5 Å². The number of likely N-dealkylation sites (N-methyl/N-ethyl adjacent to an activating group) is 1. The van der Waals surface area contributed by atoms with Crippen molar-refractivity contribution >= 4 is 88.6 Å². The number of ether oxygens (including phenoxy) is 2. The molecule has 2 saturated heterocycles. The van der Waals surface area contributed by atoms with Crippen molar-refractivity contribution in [2.45, 2.75) is 98.0 Å².